The second-order valence-electron chi connectivity index (χ2n) is 5.38. The molecule has 5 nitrogen and oxygen atoms in total. The third kappa shape index (κ3) is 3.70. The molecule has 0 aliphatic rings. The van der Waals surface area contributed by atoms with Crippen LogP contribution in [0.5, 0.6) is 0 Å². The lowest BCUT2D eigenvalue weighted by Gasteiger charge is -2.06. The zero-order chi connectivity index (χ0) is 14.5. The summed E-state index contributed by atoms with van der Waals surface area (Å²) in [7, 11) is 0. The molecule has 2 aromatic rings. The molecule has 0 saturated heterocycles. The molecule has 0 spiro atoms. The lowest BCUT2D eigenvalue weighted by Crippen LogP contribution is -2.21. The normalized spacial score (nSPS) is 11.4. The summed E-state index contributed by atoms with van der Waals surface area (Å²) in [5, 5.41) is 12.4. The number of nitrogens with zero attached hydrogens (tertiary/aromatic N) is 4. The molecule has 0 atom stereocenters. The van der Waals surface area contributed by atoms with Gasteiger partial charge in [0.1, 0.15) is 0 Å². The van der Waals surface area contributed by atoms with E-state index in [0.29, 0.717) is 6.04 Å². The smallest absolute Gasteiger partial charge is 0.0828 e. The highest BCUT2D eigenvalue weighted by atomic mass is 15.3. The van der Waals surface area contributed by atoms with Crippen LogP contribution in [0.3, 0.4) is 0 Å². The van der Waals surface area contributed by atoms with Crippen LogP contribution < -0.4 is 5.32 Å². The molecular weight excluding hydrogens is 250 g/mol. The Morgan fingerprint density at radius 2 is 2.10 bits per heavy atom. The molecule has 0 amide bonds. The van der Waals surface area contributed by atoms with E-state index >= 15 is 0 Å². The van der Waals surface area contributed by atoms with E-state index in [1.54, 1.807) is 0 Å². The van der Waals surface area contributed by atoms with Crippen molar-refractivity contribution in [3.63, 3.8) is 0 Å². The fourth-order valence-corrected chi connectivity index (χ4v) is 2.16. The van der Waals surface area contributed by atoms with Gasteiger partial charge in [0.15, 0.2) is 0 Å². The fourth-order valence-electron chi connectivity index (χ4n) is 2.16. The summed E-state index contributed by atoms with van der Waals surface area (Å²) in [5.74, 6) is 0. The number of hydrogen-bond acceptors (Lipinski definition) is 3. The van der Waals surface area contributed by atoms with Gasteiger partial charge in [-0.05, 0) is 19.4 Å². The third-order valence-electron chi connectivity index (χ3n) is 3.30. The third-order valence-corrected chi connectivity index (χ3v) is 3.30. The Balaban J connectivity index is 2.04. The first-order valence-corrected chi connectivity index (χ1v) is 7.42. The van der Waals surface area contributed by atoms with Crippen LogP contribution in [0.15, 0.2) is 18.5 Å². The Morgan fingerprint density at radius 1 is 1.30 bits per heavy atom. The maximum Gasteiger partial charge on any atom is 0.0828 e. The van der Waals surface area contributed by atoms with Crippen LogP contribution in [0.1, 0.15) is 44.6 Å². The first-order valence-electron chi connectivity index (χ1n) is 7.42. The van der Waals surface area contributed by atoms with Crippen LogP contribution in [0.4, 0.5) is 0 Å². The van der Waals surface area contributed by atoms with Gasteiger partial charge in [0.2, 0.25) is 0 Å². The highest BCUT2D eigenvalue weighted by Crippen LogP contribution is 2.08. The number of rotatable bonds is 7. The molecule has 0 fully saturated rings. The zero-order valence-electron chi connectivity index (χ0n) is 12.9. The van der Waals surface area contributed by atoms with Gasteiger partial charge in [-0.15, -0.1) is 0 Å². The lowest BCUT2D eigenvalue weighted by atomic mass is 10.3. The van der Waals surface area contributed by atoms with Crippen LogP contribution in [0.25, 0.3) is 0 Å². The van der Waals surface area contributed by atoms with Crippen LogP contribution in [0.2, 0.25) is 0 Å². The Bertz CT molecular complexity index is 538. The number of aryl methyl sites for hydroxylation is 2. The van der Waals surface area contributed by atoms with Crippen molar-refractivity contribution < 1.29 is 0 Å². The molecule has 2 aromatic heterocycles. The predicted molar refractivity (Wildman–Crippen MR) is 80.6 cm³/mol. The van der Waals surface area contributed by atoms with Crippen LogP contribution >= 0.6 is 0 Å². The monoisotopic (exact) mass is 275 g/mol. The molecule has 1 N–H and O–H groups in total. The second-order valence-corrected chi connectivity index (χ2v) is 5.38. The molecule has 0 aliphatic carbocycles. The van der Waals surface area contributed by atoms with Gasteiger partial charge < -0.3 is 5.32 Å². The van der Waals surface area contributed by atoms with E-state index in [1.807, 2.05) is 10.9 Å². The zero-order valence-corrected chi connectivity index (χ0v) is 12.9. The average Bonchev–Trinajstić information content (AvgIpc) is 3.03. The van der Waals surface area contributed by atoms with Gasteiger partial charge in [0.25, 0.3) is 0 Å². The van der Waals surface area contributed by atoms with Gasteiger partial charge >= 0.3 is 0 Å². The highest BCUT2D eigenvalue weighted by molar-refractivity contribution is 5.12. The molecule has 0 unspecified atom stereocenters. The molecule has 2 heterocycles. The first-order chi connectivity index (χ1) is 9.62. The molecule has 0 radical (unpaired) electrons. The molecule has 0 aliphatic heterocycles. The van der Waals surface area contributed by atoms with Crippen molar-refractivity contribution in [2.24, 2.45) is 0 Å². The van der Waals surface area contributed by atoms with Crippen molar-refractivity contribution >= 4 is 0 Å². The summed E-state index contributed by atoms with van der Waals surface area (Å²) in [6.45, 7) is 11.1. The summed E-state index contributed by atoms with van der Waals surface area (Å²) < 4.78 is 4.05. The molecule has 110 valence electrons. The van der Waals surface area contributed by atoms with E-state index in [1.165, 1.54) is 11.3 Å². The summed E-state index contributed by atoms with van der Waals surface area (Å²) in [6, 6.07) is 2.67. The minimum atomic E-state index is 0.493. The maximum atomic E-state index is 4.57. The van der Waals surface area contributed by atoms with Crippen molar-refractivity contribution in [3.8, 4) is 0 Å². The number of nitrogens with one attached hydrogen (secondary N) is 1. The summed E-state index contributed by atoms with van der Waals surface area (Å²) in [6.07, 6.45) is 5.01. The van der Waals surface area contributed by atoms with Gasteiger partial charge in [0, 0.05) is 30.9 Å². The van der Waals surface area contributed by atoms with Crippen LogP contribution in [0, 0.1) is 0 Å². The van der Waals surface area contributed by atoms with E-state index in [0.717, 1.165) is 31.7 Å². The molecule has 0 aromatic carbocycles. The van der Waals surface area contributed by atoms with Crippen molar-refractivity contribution in [1.82, 2.24) is 24.9 Å². The minimum absolute atomic E-state index is 0.493. The maximum absolute atomic E-state index is 4.57. The number of hydrogen-bond donors (Lipinski definition) is 1. The number of aromatic nitrogens is 4. The second kappa shape index (κ2) is 6.70. The van der Waals surface area contributed by atoms with Crippen molar-refractivity contribution in [2.75, 3.05) is 0 Å². The minimum Gasteiger partial charge on any atom is -0.310 e. The Hall–Kier alpha value is -1.62. The van der Waals surface area contributed by atoms with E-state index < -0.39 is 0 Å². The van der Waals surface area contributed by atoms with Crippen molar-refractivity contribution in [2.45, 2.75) is 59.8 Å². The Labute approximate surface area is 121 Å². The highest BCUT2D eigenvalue weighted by Gasteiger charge is 2.07. The van der Waals surface area contributed by atoms with E-state index in [-0.39, 0.29) is 0 Å². The SMILES string of the molecule is CCc1cc(Cn2cc(CNC(C)C)cn2)n(CC)n1. The summed E-state index contributed by atoms with van der Waals surface area (Å²) >= 11 is 0. The van der Waals surface area contributed by atoms with Crippen molar-refractivity contribution in [1.29, 1.82) is 0 Å². The summed E-state index contributed by atoms with van der Waals surface area (Å²) in [5.41, 5.74) is 3.59. The van der Waals surface area contributed by atoms with Gasteiger partial charge in [-0.25, -0.2) is 0 Å². The predicted octanol–water partition coefficient (Wildman–Crippen LogP) is 2.21. The van der Waals surface area contributed by atoms with Crippen LogP contribution in [-0.2, 0) is 26.1 Å². The molecule has 0 saturated carbocycles. The quantitative estimate of drug-likeness (QED) is 0.843. The summed E-state index contributed by atoms with van der Waals surface area (Å²) in [4.78, 5) is 0. The van der Waals surface area contributed by atoms with E-state index in [9.17, 15) is 0 Å². The van der Waals surface area contributed by atoms with Gasteiger partial charge in [-0.2, -0.15) is 10.2 Å². The average molecular weight is 275 g/mol. The molecule has 2 rings (SSSR count). The Kier molecular flexibility index (Phi) is 4.95. The van der Waals surface area contributed by atoms with E-state index in [2.05, 4.69) is 60.2 Å². The fraction of sp³-hybridized carbons (Fsp3) is 0.600. The molecule has 0 bridgehead atoms. The van der Waals surface area contributed by atoms with Crippen molar-refractivity contribution in [3.05, 3.63) is 35.4 Å². The largest absolute Gasteiger partial charge is 0.310 e. The van der Waals surface area contributed by atoms with Gasteiger partial charge in [0.05, 0.1) is 24.1 Å². The first kappa shape index (κ1) is 14.8. The van der Waals surface area contributed by atoms with Gasteiger partial charge in [-0.1, -0.05) is 20.8 Å². The molecular formula is C15H25N5. The molecule has 20 heavy (non-hydrogen) atoms. The Morgan fingerprint density at radius 3 is 2.75 bits per heavy atom. The standard InChI is InChI=1S/C15H25N5/c1-5-14-7-15(20(6-2)18-14)11-19-10-13(9-17-19)8-16-12(3)4/h7,9-10,12,16H,5-6,8,11H2,1-4H3. The topological polar surface area (TPSA) is 47.7 Å². The molecule has 5 heteroatoms. The van der Waals surface area contributed by atoms with E-state index in [4.69, 9.17) is 0 Å². The van der Waals surface area contributed by atoms with Crippen LogP contribution in [-0.4, -0.2) is 25.6 Å². The van der Waals surface area contributed by atoms with Gasteiger partial charge in [-0.3, -0.25) is 9.36 Å². The lowest BCUT2D eigenvalue weighted by molar-refractivity contribution is 0.571.